The van der Waals surface area contributed by atoms with Crippen molar-refractivity contribution in [1.82, 2.24) is 25.0 Å². The molecule has 0 unspecified atom stereocenters. The summed E-state index contributed by atoms with van der Waals surface area (Å²) >= 11 is 1.93. The first-order chi connectivity index (χ1) is 12.4. The highest BCUT2D eigenvalue weighted by Crippen LogP contribution is 2.31. The lowest BCUT2D eigenvalue weighted by Gasteiger charge is -2.31. The van der Waals surface area contributed by atoms with Crippen molar-refractivity contribution < 1.29 is 0 Å². The largest absolute Gasteiger partial charge is 0.312 e. The third-order valence-electron chi connectivity index (χ3n) is 5.46. The smallest absolute Gasteiger partial charge is 0.147 e. The number of likely N-dealkylation sites (tertiary alicyclic amines) is 1. The van der Waals surface area contributed by atoms with Gasteiger partial charge in [0.15, 0.2) is 0 Å². The van der Waals surface area contributed by atoms with E-state index in [4.69, 9.17) is 0 Å². The molecule has 1 saturated heterocycles. The Morgan fingerprint density at radius 3 is 2.88 bits per heavy atom. The molecule has 0 bridgehead atoms. The predicted octanol–water partition coefficient (Wildman–Crippen LogP) is 2.98. The van der Waals surface area contributed by atoms with Crippen molar-refractivity contribution in [3.63, 3.8) is 0 Å². The van der Waals surface area contributed by atoms with Crippen LogP contribution in [-0.4, -0.2) is 39.3 Å². The highest BCUT2D eigenvalue weighted by Gasteiger charge is 2.27. The van der Waals surface area contributed by atoms with E-state index in [2.05, 4.69) is 55.3 Å². The Balaban J connectivity index is 1.24. The lowest BCUT2D eigenvalue weighted by molar-refractivity contribution is 0.201. The fourth-order valence-corrected chi connectivity index (χ4v) is 5.21. The molecule has 2 aromatic heterocycles. The van der Waals surface area contributed by atoms with Gasteiger partial charge in [0, 0.05) is 35.1 Å². The van der Waals surface area contributed by atoms with Gasteiger partial charge in [0.25, 0.3) is 0 Å². The number of hydrogen-bond acceptors (Lipinski definition) is 5. The first-order valence-corrected chi connectivity index (χ1v) is 10.0. The number of hydrogen-bond donors (Lipinski definition) is 1. The van der Waals surface area contributed by atoms with E-state index in [9.17, 15) is 0 Å². The summed E-state index contributed by atoms with van der Waals surface area (Å²) in [6.07, 6.45) is 2.38. The fourth-order valence-electron chi connectivity index (χ4n) is 4.10. The molecule has 1 fully saturated rings. The molecular formula is C19H23N5S. The van der Waals surface area contributed by atoms with Gasteiger partial charge < -0.3 is 9.88 Å². The Bertz CT molecular complexity index is 842. The third-order valence-corrected chi connectivity index (χ3v) is 6.56. The van der Waals surface area contributed by atoms with Crippen LogP contribution >= 0.6 is 11.3 Å². The molecule has 1 aromatic carbocycles. The Kier molecular flexibility index (Phi) is 4.04. The van der Waals surface area contributed by atoms with Gasteiger partial charge in [0.1, 0.15) is 11.6 Å². The molecule has 2 aliphatic rings. The Labute approximate surface area is 151 Å². The molecule has 0 amide bonds. The summed E-state index contributed by atoms with van der Waals surface area (Å²) < 4.78 is 3.75. The van der Waals surface area contributed by atoms with Crippen LogP contribution in [0.1, 0.15) is 35.3 Å². The molecule has 1 N–H and O–H groups in total. The maximum atomic E-state index is 4.52. The number of piperidine rings is 1. The van der Waals surface area contributed by atoms with Gasteiger partial charge in [-0.1, -0.05) is 18.2 Å². The van der Waals surface area contributed by atoms with E-state index in [1.165, 1.54) is 33.6 Å². The van der Waals surface area contributed by atoms with Crippen LogP contribution in [0.4, 0.5) is 0 Å². The van der Waals surface area contributed by atoms with Crippen molar-refractivity contribution in [2.45, 2.75) is 38.4 Å². The number of benzene rings is 1. The SMILES string of the molecule is c1ccc2sc(CN3CCC(c4nnc5n4CCNC5)CC3)cc2c1. The predicted molar refractivity (Wildman–Crippen MR) is 101 cm³/mol. The highest BCUT2D eigenvalue weighted by molar-refractivity contribution is 7.19. The van der Waals surface area contributed by atoms with Crippen LogP contribution < -0.4 is 5.32 Å². The van der Waals surface area contributed by atoms with Crippen molar-refractivity contribution in [2.24, 2.45) is 0 Å². The fraction of sp³-hybridized carbons (Fsp3) is 0.474. The Morgan fingerprint density at radius 2 is 2.00 bits per heavy atom. The van der Waals surface area contributed by atoms with Crippen LogP contribution in [0.25, 0.3) is 10.1 Å². The minimum atomic E-state index is 0.568. The monoisotopic (exact) mass is 353 g/mol. The zero-order valence-corrected chi connectivity index (χ0v) is 15.1. The van der Waals surface area contributed by atoms with E-state index in [1.807, 2.05) is 11.3 Å². The molecule has 4 heterocycles. The number of aromatic nitrogens is 3. The molecule has 0 atom stereocenters. The van der Waals surface area contributed by atoms with Gasteiger partial charge >= 0.3 is 0 Å². The number of nitrogens with one attached hydrogen (secondary N) is 1. The standard InChI is InChI=1S/C19H23N5S/c1-2-4-17-15(3-1)11-16(25-17)13-23-8-5-14(6-9-23)19-22-21-18-12-20-7-10-24(18)19/h1-4,11,14,20H,5-10,12-13H2. The highest BCUT2D eigenvalue weighted by atomic mass is 32.1. The minimum absolute atomic E-state index is 0.568. The van der Waals surface area contributed by atoms with Gasteiger partial charge in [-0.3, -0.25) is 4.90 Å². The maximum absolute atomic E-state index is 4.52. The van der Waals surface area contributed by atoms with Crippen molar-refractivity contribution in [3.05, 3.63) is 46.9 Å². The molecule has 5 rings (SSSR count). The normalized spacial score (nSPS) is 19.4. The summed E-state index contributed by atoms with van der Waals surface area (Å²) in [5.74, 6) is 2.89. The lowest BCUT2D eigenvalue weighted by atomic mass is 9.95. The van der Waals surface area contributed by atoms with Gasteiger partial charge in [-0.2, -0.15) is 0 Å². The molecular weight excluding hydrogens is 330 g/mol. The summed E-state index contributed by atoms with van der Waals surface area (Å²) in [6, 6.07) is 11.0. The summed E-state index contributed by atoms with van der Waals surface area (Å²) in [6.45, 7) is 6.28. The quantitative estimate of drug-likeness (QED) is 0.786. The van der Waals surface area contributed by atoms with E-state index in [1.54, 1.807) is 0 Å². The maximum Gasteiger partial charge on any atom is 0.147 e. The van der Waals surface area contributed by atoms with Crippen LogP contribution in [0.5, 0.6) is 0 Å². The minimum Gasteiger partial charge on any atom is -0.312 e. The average Bonchev–Trinajstić information content (AvgIpc) is 3.26. The number of rotatable bonds is 3. The molecule has 6 heteroatoms. The summed E-state index contributed by atoms with van der Waals surface area (Å²) in [7, 11) is 0. The molecule has 0 saturated carbocycles. The molecule has 25 heavy (non-hydrogen) atoms. The van der Waals surface area contributed by atoms with Gasteiger partial charge in [-0.25, -0.2) is 0 Å². The number of thiophene rings is 1. The Morgan fingerprint density at radius 1 is 1.12 bits per heavy atom. The lowest BCUT2D eigenvalue weighted by Crippen LogP contribution is -2.34. The van der Waals surface area contributed by atoms with Crippen LogP contribution in [0.15, 0.2) is 30.3 Å². The van der Waals surface area contributed by atoms with Gasteiger partial charge in [0.05, 0.1) is 6.54 Å². The second-order valence-corrected chi connectivity index (χ2v) is 8.27. The first kappa shape index (κ1) is 15.5. The molecule has 0 aliphatic carbocycles. The summed E-state index contributed by atoms with van der Waals surface area (Å²) in [5, 5.41) is 13.6. The van der Waals surface area contributed by atoms with Crippen molar-refractivity contribution >= 4 is 21.4 Å². The molecule has 0 spiro atoms. The van der Waals surface area contributed by atoms with E-state index in [-0.39, 0.29) is 0 Å². The zero-order chi connectivity index (χ0) is 16.6. The average molecular weight is 353 g/mol. The molecule has 0 radical (unpaired) electrons. The van der Waals surface area contributed by atoms with E-state index in [0.29, 0.717) is 5.92 Å². The summed E-state index contributed by atoms with van der Waals surface area (Å²) in [4.78, 5) is 4.07. The van der Waals surface area contributed by atoms with Gasteiger partial charge in [-0.05, 0) is 43.5 Å². The van der Waals surface area contributed by atoms with E-state index >= 15 is 0 Å². The molecule has 2 aliphatic heterocycles. The van der Waals surface area contributed by atoms with Crippen molar-refractivity contribution in [2.75, 3.05) is 19.6 Å². The van der Waals surface area contributed by atoms with Crippen LogP contribution in [-0.2, 0) is 19.6 Å². The molecule has 130 valence electrons. The molecule has 5 nitrogen and oxygen atoms in total. The van der Waals surface area contributed by atoms with Crippen LogP contribution in [0.3, 0.4) is 0 Å². The van der Waals surface area contributed by atoms with Gasteiger partial charge in [-0.15, -0.1) is 21.5 Å². The van der Waals surface area contributed by atoms with E-state index < -0.39 is 0 Å². The third kappa shape index (κ3) is 2.99. The van der Waals surface area contributed by atoms with Crippen LogP contribution in [0.2, 0.25) is 0 Å². The number of nitrogens with zero attached hydrogens (tertiary/aromatic N) is 4. The topological polar surface area (TPSA) is 46.0 Å². The van der Waals surface area contributed by atoms with E-state index in [0.717, 1.165) is 45.1 Å². The first-order valence-electron chi connectivity index (χ1n) is 9.19. The molecule has 3 aromatic rings. The van der Waals surface area contributed by atoms with Crippen LogP contribution in [0, 0.1) is 0 Å². The Hall–Kier alpha value is -1.76. The second kappa shape index (κ2) is 6.52. The zero-order valence-electron chi connectivity index (χ0n) is 14.3. The van der Waals surface area contributed by atoms with Gasteiger partial charge in [0.2, 0.25) is 0 Å². The summed E-state index contributed by atoms with van der Waals surface area (Å²) in [5.41, 5.74) is 0. The second-order valence-electron chi connectivity index (χ2n) is 7.10. The van der Waals surface area contributed by atoms with Crippen molar-refractivity contribution in [3.8, 4) is 0 Å². The number of fused-ring (bicyclic) bond motifs is 2. The van der Waals surface area contributed by atoms with Crippen molar-refractivity contribution in [1.29, 1.82) is 0 Å².